The highest BCUT2D eigenvalue weighted by molar-refractivity contribution is 7.14. The third kappa shape index (κ3) is 3.60. The molecule has 1 saturated heterocycles. The molecule has 5 rings (SSSR count). The molecule has 1 N–H and O–H groups in total. The maximum atomic E-state index is 14.3. The maximum absolute atomic E-state index is 14.3. The van der Waals surface area contributed by atoms with Crippen LogP contribution in [0.15, 0.2) is 29.2 Å². The van der Waals surface area contributed by atoms with E-state index < -0.39 is 28.6 Å². The molecule has 11 heteroatoms. The molecule has 0 unspecified atom stereocenters. The van der Waals surface area contributed by atoms with Crippen LogP contribution < -0.4 is 5.43 Å². The van der Waals surface area contributed by atoms with Crippen LogP contribution in [0.25, 0.3) is 10.6 Å². The first kappa shape index (κ1) is 22.9. The van der Waals surface area contributed by atoms with E-state index in [1.165, 1.54) is 12.3 Å². The molecule has 3 atom stereocenters. The highest BCUT2D eigenvalue weighted by Crippen LogP contribution is 2.39. The van der Waals surface area contributed by atoms with Crippen molar-refractivity contribution < 1.29 is 19.0 Å². The minimum absolute atomic E-state index is 0.0147. The van der Waals surface area contributed by atoms with E-state index in [9.17, 15) is 19.1 Å². The summed E-state index contributed by atoms with van der Waals surface area (Å²) in [4.78, 5) is 27.9. The average Bonchev–Trinajstić information content (AvgIpc) is 3.21. The first-order chi connectivity index (χ1) is 16.1. The molecular weight excluding hydrogens is 483 g/mol. The van der Waals surface area contributed by atoms with Crippen LogP contribution in [0.2, 0.25) is 5.02 Å². The predicted octanol–water partition coefficient (Wildman–Crippen LogP) is 3.83. The Morgan fingerprint density at radius 3 is 2.85 bits per heavy atom. The topological polar surface area (TPSA) is 97.5 Å². The summed E-state index contributed by atoms with van der Waals surface area (Å²) in [6, 6.07) is 4.60. The second-order valence-electron chi connectivity index (χ2n) is 8.95. The summed E-state index contributed by atoms with van der Waals surface area (Å²) in [5.41, 5.74) is -1.23. The molecule has 2 aromatic heterocycles. The number of halogens is 2. The Morgan fingerprint density at radius 1 is 1.32 bits per heavy atom. The van der Waals surface area contributed by atoms with Crippen LogP contribution in [0, 0.1) is 5.82 Å². The number of carbonyl (C=O) groups excluding carboxylic acids is 1. The van der Waals surface area contributed by atoms with E-state index in [0.717, 1.165) is 11.3 Å². The van der Waals surface area contributed by atoms with Gasteiger partial charge in [-0.1, -0.05) is 35.1 Å². The van der Waals surface area contributed by atoms with Gasteiger partial charge in [0.25, 0.3) is 5.91 Å². The molecule has 0 bridgehead atoms. The largest absolute Gasteiger partial charge is 0.503 e. The summed E-state index contributed by atoms with van der Waals surface area (Å²) in [6.45, 7) is 5.96. The number of aromatic hydroxyl groups is 1. The average molecular weight is 505 g/mol. The SMILES string of the molecule is C[C@@H]1C[C@@H](C)N2C(=O)c3c(O)c(=O)c(-c4nnc(Cc5cccc(Cl)c5F)s4)cn3C[C@]2(C)O1. The van der Waals surface area contributed by atoms with Gasteiger partial charge < -0.3 is 19.3 Å². The smallest absolute Gasteiger partial charge is 0.277 e. The molecule has 4 heterocycles. The lowest BCUT2D eigenvalue weighted by molar-refractivity contribution is -0.214. The Bertz CT molecular complexity index is 1380. The number of fused-ring (bicyclic) bond motifs is 2. The standard InChI is InChI=1S/C23H22ClFN4O4S/c1-11-7-12(2)33-23(3)10-28-9-14(19(30)20(31)18(28)22(32)29(11)23)21-27-26-16(34-21)8-13-5-4-6-15(24)17(13)25/h4-6,9,11-12,31H,7-8,10H2,1-3H3/t11-,12-,23+/m1/s1. The normalized spacial score (nSPS) is 24.1. The number of pyridine rings is 1. The summed E-state index contributed by atoms with van der Waals surface area (Å²) in [6.07, 6.45) is 2.27. The van der Waals surface area contributed by atoms with E-state index in [2.05, 4.69) is 10.2 Å². The fourth-order valence-corrected chi connectivity index (χ4v) is 6.05. The second kappa shape index (κ2) is 8.14. The predicted molar refractivity (Wildman–Crippen MR) is 125 cm³/mol. The number of aromatic nitrogens is 3. The van der Waals surface area contributed by atoms with Crippen molar-refractivity contribution in [3.05, 3.63) is 61.7 Å². The van der Waals surface area contributed by atoms with Crippen molar-refractivity contribution in [2.45, 2.75) is 58.0 Å². The van der Waals surface area contributed by atoms with Gasteiger partial charge in [0.15, 0.2) is 22.2 Å². The number of nitrogens with zero attached hydrogens (tertiary/aromatic N) is 4. The maximum Gasteiger partial charge on any atom is 0.277 e. The van der Waals surface area contributed by atoms with Gasteiger partial charge in [0.05, 0.1) is 23.2 Å². The molecule has 3 aromatic rings. The quantitative estimate of drug-likeness (QED) is 0.582. The van der Waals surface area contributed by atoms with Gasteiger partial charge in [0.2, 0.25) is 5.43 Å². The van der Waals surface area contributed by atoms with Crippen LogP contribution in [0.5, 0.6) is 5.75 Å². The van der Waals surface area contributed by atoms with Crippen LogP contribution in [-0.4, -0.2) is 48.5 Å². The van der Waals surface area contributed by atoms with Crippen molar-refractivity contribution in [2.75, 3.05) is 0 Å². The molecule has 2 aliphatic heterocycles. The monoisotopic (exact) mass is 504 g/mol. The summed E-state index contributed by atoms with van der Waals surface area (Å²) in [5.74, 6) is -1.61. The Balaban J connectivity index is 1.54. The lowest BCUT2D eigenvalue weighted by Crippen LogP contribution is -2.65. The number of hydrogen-bond donors (Lipinski definition) is 1. The molecule has 0 aliphatic carbocycles. The van der Waals surface area contributed by atoms with Crippen molar-refractivity contribution in [1.29, 1.82) is 0 Å². The van der Waals surface area contributed by atoms with Crippen LogP contribution in [0.4, 0.5) is 4.39 Å². The van der Waals surface area contributed by atoms with E-state index >= 15 is 0 Å². The Kier molecular flexibility index (Phi) is 5.50. The number of rotatable bonds is 3. The molecule has 0 radical (unpaired) electrons. The van der Waals surface area contributed by atoms with Crippen LogP contribution in [0.1, 0.15) is 48.3 Å². The first-order valence-electron chi connectivity index (χ1n) is 10.8. The molecule has 0 spiro atoms. The summed E-state index contributed by atoms with van der Waals surface area (Å²) in [5, 5.41) is 19.7. The summed E-state index contributed by atoms with van der Waals surface area (Å²) in [7, 11) is 0. The molecule has 2 aliphatic rings. The number of amides is 1. The van der Waals surface area contributed by atoms with Crippen molar-refractivity contribution in [1.82, 2.24) is 19.7 Å². The minimum atomic E-state index is -0.920. The van der Waals surface area contributed by atoms with Gasteiger partial charge in [0, 0.05) is 18.7 Å². The molecule has 0 saturated carbocycles. The third-order valence-electron chi connectivity index (χ3n) is 6.29. The fourth-order valence-electron chi connectivity index (χ4n) is 4.98. The first-order valence-corrected chi connectivity index (χ1v) is 12.0. The molecule has 1 amide bonds. The Hall–Kier alpha value is -2.82. The fraction of sp³-hybridized carbons (Fsp3) is 0.391. The zero-order valence-corrected chi connectivity index (χ0v) is 20.3. The number of carbonyl (C=O) groups is 1. The van der Waals surface area contributed by atoms with Crippen molar-refractivity contribution in [3.8, 4) is 16.3 Å². The second-order valence-corrected chi connectivity index (χ2v) is 10.4. The summed E-state index contributed by atoms with van der Waals surface area (Å²) >= 11 is 6.97. The molecular formula is C23H22ClFN4O4S. The van der Waals surface area contributed by atoms with Crippen molar-refractivity contribution in [3.63, 3.8) is 0 Å². The molecule has 178 valence electrons. The van der Waals surface area contributed by atoms with Crippen molar-refractivity contribution in [2.24, 2.45) is 0 Å². The number of ether oxygens (including phenoxy) is 1. The number of benzene rings is 1. The van der Waals surface area contributed by atoms with Crippen LogP contribution >= 0.6 is 22.9 Å². The zero-order valence-electron chi connectivity index (χ0n) is 18.7. The van der Waals surface area contributed by atoms with Crippen molar-refractivity contribution >= 4 is 28.8 Å². The third-order valence-corrected chi connectivity index (χ3v) is 7.54. The molecule has 34 heavy (non-hydrogen) atoms. The zero-order chi connectivity index (χ0) is 24.4. The van der Waals surface area contributed by atoms with E-state index in [1.807, 2.05) is 20.8 Å². The van der Waals surface area contributed by atoms with E-state index in [4.69, 9.17) is 16.3 Å². The summed E-state index contributed by atoms with van der Waals surface area (Å²) < 4.78 is 22.0. The number of hydrogen-bond acceptors (Lipinski definition) is 7. The van der Waals surface area contributed by atoms with Gasteiger partial charge in [-0.3, -0.25) is 9.59 Å². The van der Waals surface area contributed by atoms with Crippen LogP contribution in [-0.2, 0) is 17.7 Å². The van der Waals surface area contributed by atoms with Gasteiger partial charge in [-0.05, 0) is 38.8 Å². The molecule has 8 nitrogen and oxygen atoms in total. The van der Waals surface area contributed by atoms with E-state index in [-0.39, 0.29) is 46.4 Å². The van der Waals surface area contributed by atoms with Gasteiger partial charge >= 0.3 is 0 Å². The van der Waals surface area contributed by atoms with E-state index in [1.54, 1.807) is 21.6 Å². The van der Waals surface area contributed by atoms with Gasteiger partial charge in [0.1, 0.15) is 10.8 Å². The minimum Gasteiger partial charge on any atom is -0.503 e. The lowest BCUT2D eigenvalue weighted by Gasteiger charge is -2.53. The lowest BCUT2D eigenvalue weighted by atomic mass is 9.97. The highest BCUT2D eigenvalue weighted by Gasteiger charge is 2.50. The highest BCUT2D eigenvalue weighted by atomic mass is 35.5. The van der Waals surface area contributed by atoms with E-state index in [0.29, 0.717) is 17.0 Å². The molecule has 1 aromatic carbocycles. The Labute approximate surface area is 203 Å². The van der Waals surface area contributed by atoms with Gasteiger partial charge in [-0.25, -0.2) is 4.39 Å². The van der Waals surface area contributed by atoms with Crippen LogP contribution in [0.3, 0.4) is 0 Å². The molecule has 1 fully saturated rings. The van der Waals surface area contributed by atoms with Gasteiger partial charge in [-0.15, -0.1) is 10.2 Å². The Morgan fingerprint density at radius 2 is 2.09 bits per heavy atom. The van der Waals surface area contributed by atoms with Gasteiger partial charge in [-0.2, -0.15) is 0 Å².